The number of piperazine rings is 1. The van der Waals surface area contributed by atoms with Crippen molar-refractivity contribution in [1.82, 2.24) is 9.62 Å². The molecule has 0 unspecified atom stereocenters. The van der Waals surface area contributed by atoms with Crippen molar-refractivity contribution in [2.45, 2.75) is 17.9 Å². The van der Waals surface area contributed by atoms with E-state index in [0.717, 1.165) is 0 Å². The highest BCUT2D eigenvalue weighted by Gasteiger charge is 2.33. The molecule has 1 N–H and O–H groups in total. The Morgan fingerprint density at radius 3 is 2.85 bits per heavy atom. The molecule has 6 nitrogen and oxygen atoms in total. The van der Waals surface area contributed by atoms with Gasteiger partial charge in [-0.25, -0.2) is 8.42 Å². The summed E-state index contributed by atoms with van der Waals surface area (Å²) in [5.74, 6) is 0.204. The van der Waals surface area contributed by atoms with E-state index in [2.05, 4.69) is 5.32 Å². The summed E-state index contributed by atoms with van der Waals surface area (Å²) in [5.41, 5.74) is 0.370. The molecule has 1 aromatic carbocycles. The molecule has 108 valence electrons. The van der Waals surface area contributed by atoms with Crippen LogP contribution in [0.15, 0.2) is 23.1 Å². The molecule has 1 aliphatic heterocycles. The first kappa shape index (κ1) is 14.8. The number of nitrogens with zero attached hydrogens (tertiary/aromatic N) is 2. The van der Waals surface area contributed by atoms with E-state index >= 15 is 0 Å². The molecule has 20 heavy (non-hydrogen) atoms. The maximum Gasteiger partial charge on any atom is 0.247 e. The summed E-state index contributed by atoms with van der Waals surface area (Å²) in [4.78, 5) is 0.104. The molecule has 0 spiro atoms. The van der Waals surface area contributed by atoms with Crippen LogP contribution in [0.3, 0.4) is 0 Å². The molecule has 1 aromatic rings. The van der Waals surface area contributed by atoms with Gasteiger partial charge in [-0.15, -0.1) is 0 Å². The topological polar surface area (TPSA) is 82.4 Å². The van der Waals surface area contributed by atoms with E-state index < -0.39 is 10.0 Å². The highest BCUT2D eigenvalue weighted by atomic mass is 32.2. The quantitative estimate of drug-likeness (QED) is 0.880. The molecular formula is C13H17N3O3S. The number of hydrogen-bond acceptors (Lipinski definition) is 5. The monoisotopic (exact) mass is 295 g/mol. The molecule has 0 aromatic heterocycles. The number of sulfonamides is 1. The minimum Gasteiger partial charge on any atom is -0.495 e. The molecule has 7 heteroatoms. The van der Waals surface area contributed by atoms with Gasteiger partial charge in [0.25, 0.3) is 0 Å². The van der Waals surface area contributed by atoms with Crippen LogP contribution in [-0.4, -0.2) is 45.5 Å². The maximum atomic E-state index is 12.7. The van der Waals surface area contributed by atoms with Crippen LogP contribution in [0, 0.1) is 11.3 Å². The Balaban J connectivity index is 2.46. The highest BCUT2D eigenvalue weighted by molar-refractivity contribution is 7.89. The second-order valence-corrected chi connectivity index (χ2v) is 6.51. The fourth-order valence-corrected chi connectivity index (χ4v) is 4.03. The minimum atomic E-state index is -3.62. The molecule has 1 fully saturated rings. The molecule has 1 saturated heterocycles. The fourth-order valence-electron chi connectivity index (χ4n) is 2.26. The Kier molecular flexibility index (Phi) is 4.28. The van der Waals surface area contributed by atoms with Crippen LogP contribution >= 0.6 is 0 Å². The predicted octanol–water partition coefficient (Wildman–Crippen LogP) is 0.549. The summed E-state index contributed by atoms with van der Waals surface area (Å²) in [5, 5.41) is 12.0. The van der Waals surface area contributed by atoms with Crippen LogP contribution in [0.4, 0.5) is 0 Å². The van der Waals surface area contributed by atoms with Crippen molar-refractivity contribution in [1.29, 1.82) is 5.26 Å². The number of nitrogens with one attached hydrogen (secondary N) is 1. The van der Waals surface area contributed by atoms with Gasteiger partial charge >= 0.3 is 0 Å². The van der Waals surface area contributed by atoms with Crippen LogP contribution < -0.4 is 10.1 Å². The molecule has 0 radical (unpaired) electrons. The van der Waals surface area contributed by atoms with Crippen LogP contribution in [0.25, 0.3) is 0 Å². The molecular weight excluding hydrogens is 278 g/mol. The van der Waals surface area contributed by atoms with Gasteiger partial charge < -0.3 is 10.1 Å². The first-order chi connectivity index (χ1) is 9.50. The van der Waals surface area contributed by atoms with E-state index in [0.29, 0.717) is 25.2 Å². The van der Waals surface area contributed by atoms with Gasteiger partial charge in [0, 0.05) is 25.7 Å². The molecule has 2 rings (SSSR count). The zero-order valence-corrected chi connectivity index (χ0v) is 12.3. The average molecular weight is 295 g/mol. The minimum absolute atomic E-state index is 0.104. The lowest BCUT2D eigenvalue weighted by atomic mass is 10.2. The van der Waals surface area contributed by atoms with E-state index in [1.54, 1.807) is 0 Å². The zero-order valence-electron chi connectivity index (χ0n) is 11.5. The molecule has 0 aliphatic carbocycles. The van der Waals surface area contributed by atoms with Crippen LogP contribution in [0.2, 0.25) is 0 Å². The number of nitriles is 1. The molecule has 1 atom stereocenters. The Hall–Kier alpha value is -1.62. The molecule has 1 aliphatic rings. The van der Waals surface area contributed by atoms with Gasteiger partial charge in [-0.2, -0.15) is 9.57 Å². The number of ether oxygens (including phenoxy) is 1. The van der Waals surface area contributed by atoms with E-state index in [1.165, 1.54) is 29.6 Å². The third-order valence-electron chi connectivity index (χ3n) is 3.32. The second-order valence-electron chi connectivity index (χ2n) is 4.65. The van der Waals surface area contributed by atoms with Crippen LogP contribution in [0.1, 0.15) is 12.5 Å². The van der Waals surface area contributed by atoms with Crippen molar-refractivity contribution >= 4 is 10.0 Å². The summed E-state index contributed by atoms with van der Waals surface area (Å²) < 4.78 is 32.0. The smallest absolute Gasteiger partial charge is 0.247 e. The van der Waals surface area contributed by atoms with Crippen LogP contribution in [-0.2, 0) is 10.0 Å². The van der Waals surface area contributed by atoms with E-state index in [-0.39, 0.29) is 16.7 Å². The van der Waals surface area contributed by atoms with Crippen molar-refractivity contribution in [3.05, 3.63) is 23.8 Å². The number of hydrogen-bond donors (Lipinski definition) is 1. The Bertz CT molecular complexity index is 637. The summed E-state index contributed by atoms with van der Waals surface area (Å²) >= 11 is 0. The average Bonchev–Trinajstić information content (AvgIpc) is 2.46. The third-order valence-corrected chi connectivity index (χ3v) is 5.37. The third kappa shape index (κ3) is 2.63. The lowest BCUT2D eigenvalue weighted by molar-refractivity contribution is 0.282. The van der Waals surface area contributed by atoms with Gasteiger partial charge in [-0.1, -0.05) is 0 Å². The summed E-state index contributed by atoms with van der Waals surface area (Å²) in [6, 6.07) is 6.22. The Labute approximate surface area is 119 Å². The Morgan fingerprint density at radius 1 is 1.50 bits per heavy atom. The lowest BCUT2D eigenvalue weighted by Crippen LogP contribution is -2.52. The lowest BCUT2D eigenvalue weighted by Gasteiger charge is -2.33. The number of methoxy groups -OCH3 is 1. The summed E-state index contributed by atoms with van der Waals surface area (Å²) in [6.45, 7) is 3.53. The summed E-state index contributed by atoms with van der Waals surface area (Å²) in [7, 11) is -2.22. The van der Waals surface area contributed by atoms with Gasteiger partial charge in [0.1, 0.15) is 10.6 Å². The molecule has 1 heterocycles. The maximum absolute atomic E-state index is 12.7. The van der Waals surface area contributed by atoms with Gasteiger partial charge in [0.2, 0.25) is 10.0 Å². The van der Waals surface area contributed by atoms with Gasteiger partial charge in [-0.05, 0) is 25.1 Å². The second kappa shape index (κ2) is 5.79. The van der Waals surface area contributed by atoms with Crippen molar-refractivity contribution in [2.75, 3.05) is 26.7 Å². The van der Waals surface area contributed by atoms with Gasteiger partial charge in [0.05, 0.1) is 18.7 Å². The number of benzene rings is 1. The van der Waals surface area contributed by atoms with Gasteiger partial charge in [0.15, 0.2) is 0 Å². The van der Waals surface area contributed by atoms with E-state index in [4.69, 9.17) is 10.00 Å². The van der Waals surface area contributed by atoms with E-state index in [1.807, 2.05) is 13.0 Å². The normalized spacial score (nSPS) is 20.4. The van der Waals surface area contributed by atoms with Crippen molar-refractivity contribution in [3.8, 4) is 11.8 Å². The largest absolute Gasteiger partial charge is 0.495 e. The zero-order chi connectivity index (χ0) is 14.8. The predicted molar refractivity (Wildman–Crippen MR) is 73.9 cm³/mol. The van der Waals surface area contributed by atoms with Crippen molar-refractivity contribution in [2.24, 2.45) is 0 Å². The van der Waals surface area contributed by atoms with Crippen LogP contribution in [0.5, 0.6) is 5.75 Å². The Morgan fingerprint density at radius 2 is 2.25 bits per heavy atom. The molecule has 0 saturated carbocycles. The van der Waals surface area contributed by atoms with Crippen molar-refractivity contribution < 1.29 is 13.2 Å². The SMILES string of the molecule is COc1cc(C#N)ccc1S(=O)(=O)N1CCNC[C@@H]1C. The molecule has 0 bridgehead atoms. The first-order valence-corrected chi connectivity index (χ1v) is 7.75. The fraction of sp³-hybridized carbons (Fsp3) is 0.462. The van der Waals surface area contributed by atoms with E-state index in [9.17, 15) is 8.42 Å². The molecule has 0 amide bonds. The first-order valence-electron chi connectivity index (χ1n) is 6.31. The number of rotatable bonds is 3. The summed E-state index contributed by atoms with van der Waals surface area (Å²) in [6.07, 6.45) is 0. The van der Waals surface area contributed by atoms with Crippen molar-refractivity contribution in [3.63, 3.8) is 0 Å². The standard InChI is InChI=1S/C13H17N3O3S/c1-10-9-15-5-6-16(10)20(17,18)13-4-3-11(8-14)7-12(13)19-2/h3-4,7,10,15H,5-6,9H2,1-2H3/t10-/m0/s1. The highest BCUT2D eigenvalue weighted by Crippen LogP contribution is 2.29. The van der Waals surface area contributed by atoms with Gasteiger partial charge in [-0.3, -0.25) is 0 Å².